The fourth-order valence-electron chi connectivity index (χ4n) is 1.53. The van der Waals surface area contributed by atoms with Crippen molar-refractivity contribution < 1.29 is 13.9 Å². The normalized spacial score (nSPS) is 26.9. The Bertz CT molecular complexity index is 240. The summed E-state index contributed by atoms with van der Waals surface area (Å²) in [5.41, 5.74) is 4.86. The van der Waals surface area contributed by atoms with Gasteiger partial charge in [0.15, 0.2) is 0 Å². The van der Waals surface area contributed by atoms with Crippen molar-refractivity contribution in [3.63, 3.8) is 0 Å². The zero-order chi connectivity index (χ0) is 11.6. The molecule has 1 aliphatic rings. The Kier molecular flexibility index (Phi) is 3.54. The van der Waals surface area contributed by atoms with E-state index in [4.69, 9.17) is 10.5 Å². The molecule has 1 aliphatic heterocycles. The number of hydrogen-bond donors (Lipinski definition) is 1. The number of carbonyl (C=O) groups excluding carboxylic acids is 1. The predicted molar refractivity (Wildman–Crippen MR) is 55.2 cm³/mol. The number of halogens is 1. The summed E-state index contributed by atoms with van der Waals surface area (Å²) in [5, 5.41) is 0. The second-order valence-electron chi connectivity index (χ2n) is 4.90. The lowest BCUT2D eigenvalue weighted by Crippen LogP contribution is -2.35. The van der Waals surface area contributed by atoms with Crippen molar-refractivity contribution in [2.24, 2.45) is 11.7 Å². The van der Waals surface area contributed by atoms with Crippen molar-refractivity contribution in [2.45, 2.75) is 32.5 Å². The Morgan fingerprint density at radius 1 is 1.53 bits per heavy atom. The number of likely N-dealkylation sites (tertiary alicyclic amines) is 1. The van der Waals surface area contributed by atoms with Crippen LogP contribution in [0.4, 0.5) is 9.18 Å². The van der Waals surface area contributed by atoms with Gasteiger partial charge in [-0.1, -0.05) is 0 Å². The van der Waals surface area contributed by atoms with Crippen LogP contribution in [0.2, 0.25) is 0 Å². The van der Waals surface area contributed by atoms with Crippen molar-refractivity contribution in [1.82, 2.24) is 4.90 Å². The van der Waals surface area contributed by atoms with Gasteiger partial charge in [-0.05, 0) is 27.3 Å². The summed E-state index contributed by atoms with van der Waals surface area (Å²) in [4.78, 5) is 12.9. The molecule has 1 saturated heterocycles. The molecular weight excluding hydrogens is 199 g/mol. The Labute approximate surface area is 89.6 Å². The summed E-state index contributed by atoms with van der Waals surface area (Å²) in [7, 11) is 0. The van der Waals surface area contributed by atoms with Crippen LogP contribution in [0.1, 0.15) is 20.8 Å². The highest BCUT2D eigenvalue weighted by atomic mass is 19.1. The van der Waals surface area contributed by atoms with Crippen LogP contribution in [-0.4, -0.2) is 42.4 Å². The maximum absolute atomic E-state index is 13.3. The standard InChI is InChI=1S/C10H19FN2O2/c1-10(2,3)15-9(14)13-5-7(4-12)8(11)6-13/h7-8H,4-6,12H2,1-3H3. The molecule has 0 spiro atoms. The van der Waals surface area contributed by atoms with Gasteiger partial charge in [-0.25, -0.2) is 9.18 Å². The minimum Gasteiger partial charge on any atom is -0.444 e. The van der Waals surface area contributed by atoms with Gasteiger partial charge in [0.1, 0.15) is 11.8 Å². The third-order valence-electron chi connectivity index (χ3n) is 2.32. The van der Waals surface area contributed by atoms with E-state index in [-0.39, 0.29) is 19.0 Å². The zero-order valence-corrected chi connectivity index (χ0v) is 9.50. The van der Waals surface area contributed by atoms with Crippen molar-refractivity contribution >= 4 is 6.09 Å². The first-order chi connectivity index (χ1) is 6.83. The highest BCUT2D eigenvalue weighted by Gasteiger charge is 2.36. The molecule has 1 amide bonds. The van der Waals surface area contributed by atoms with E-state index in [9.17, 15) is 9.18 Å². The molecule has 0 aromatic rings. The van der Waals surface area contributed by atoms with Gasteiger partial charge in [0, 0.05) is 12.5 Å². The fourth-order valence-corrected chi connectivity index (χ4v) is 1.53. The van der Waals surface area contributed by atoms with Gasteiger partial charge >= 0.3 is 6.09 Å². The van der Waals surface area contributed by atoms with E-state index in [2.05, 4.69) is 0 Å². The van der Waals surface area contributed by atoms with Crippen molar-refractivity contribution in [2.75, 3.05) is 19.6 Å². The number of carbonyl (C=O) groups is 1. The molecule has 0 bridgehead atoms. The molecule has 0 aliphatic carbocycles. The third kappa shape index (κ3) is 3.34. The molecule has 5 heteroatoms. The highest BCUT2D eigenvalue weighted by molar-refractivity contribution is 5.68. The first-order valence-corrected chi connectivity index (χ1v) is 5.15. The van der Waals surface area contributed by atoms with Crippen molar-refractivity contribution in [1.29, 1.82) is 0 Å². The molecule has 0 aromatic carbocycles. The monoisotopic (exact) mass is 218 g/mol. The summed E-state index contributed by atoms with van der Waals surface area (Å²) in [6.45, 7) is 6.07. The van der Waals surface area contributed by atoms with Crippen LogP contribution in [0.5, 0.6) is 0 Å². The largest absolute Gasteiger partial charge is 0.444 e. The van der Waals surface area contributed by atoms with E-state index in [1.54, 1.807) is 20.8 Å². The van der Waals surface area contributed by atoms with Crippen LogP contribution in [0.15, 0.2) is 0 Å². The summed E-state index contributed by atoms with van der Waals surface area (Å²) in [6.07, 6.45) is -1.48. The zero-order valence-electron chi connectivity index (χ0n) is 9.50. The molecule has 4 nitrogen and oxygen atoms in total. The number of ether oxygens (including phenoxy) is 1. The molecule has 0 saturated carbocycles. The Morgan fingerprint density at radius 2 is 2.13 bits per heavy atom. The quantitative estimate of drug-likeness (QED) is 0.718. The molecule has 88 valence electrons. The van der Waals surface area contributed by atoms with Gasteiger partial charge in [-0.3, -0.25) is 0 Å². The lowest BCUT2D eigenvalue weighted by Gasteiger charge is -2.24. The third-order valence-corrected chi connectivity index (χ3v) is 2.32. The van der Waals surface area contributed by atoms with Crippen LogP contribution < -0.4 is 5.73 Å². The smallest absolute Gasteiger partial charge is 0.410 e. The molecule has 1 rings (SSSR count). The lowest BCUT2D eigenvalue weighted by atomic mass is 10.1. The predicted octanol–water partition coefficient (Wildman–Crippen LogP) is 1.15. The molecule has 15 heavy (non-hydrogen) atoms. The fraction of sp³-hybridized carbons (Fsp3) is 0.900. The van der Waals surface area contributed by atoms with Crippen molar-refractivity contribution in [3.05, 3.63) is 0 Å². The first kappa shape index (κ1) is 12.2. The maximum atomic E-state index is 13.3. The Hall–Kier alpha value is -0.840. The van der Waals surface area contributed by atoms with Crippen LogP contribution in [-0.2, 0) is 4.74 Å². The van der Waals surface area contributed by atoms with E-state index in [0.29, 0.717) is 6.54 Å². The Morgan fingerprint density at radius 3 is 2.53 bits per heavy atom. The van der Waals surface area contributed by atoms with Crippen LogP contribution in [0.3, 0.4) is 0 Å². The first-order valence-electron chi connectivity index (χ1n) is 5.15. The SMILES string of the molecule is CC(C)(C)OC(=O)N1CC(F)C(CN)C1. The second kappa shape index (κ2) is 4.35. The number of rotatable bonds is 1. The van der Waals surface area contributed by atoms with E-state index in [1.165, 1.54) is 4.90 Å². The van der Waals surface area contributed by atoms with Crippen molar-refractivity contribution in [3.8, 4) is 0 Å². The number of nitrogens with two attached hydrogens (primary N) is 1. The van der Waals surface area contributed by atoms with Crippen LogP contribution >= 0.6 is 0 Å². The molecule has 2 unspecified atom stereocenters. The van der Waals surface area contributed by atoms with E-state index in [1.807, 2.05) is 0 Å². The number of amides is 1. The molecule has 0 radical (unpaired) electrons. The number of hydrogen-bond acceptors (Lipinski definition) is 3. The topological polar surface area (TPSA) is 55.6 Å². The molecule has 2 N–H and O–H groups in total. The van der Waals surface area contributed by atoms with E-state index >= 15 is 0 Å². The molecule has 1 fully saturated rings. The van der Waals surface area contributed by atoms with Gasteiger partial charge < -0.3 is 15.4 Å². The molecular formula is C10H19FN2O2. The van der Waals surface area contributed by atoms with Gasteiger partial charge in [0.2, 0.25) is 0 Å². The van der Waals surface area contributed by atoms with Crippen LogP contribution in [0, 0.1) is 5.92 Å². The maximum Gasteiger partial charge on any atom is 0.410 e. The summed E-state index contributed by atoms with van der Waals surface area (Å²) in [5.74, 6) is -0.252. The van der Waals surface area contributed by atoms with E-state index < -0.39 is 17.9 Å². The molecule has 0 aromatic heterocycles. The highest BCUT2D eigenvalue weighted by Crippen LogP contribution is 2.21. The van der Waals surface area contributed by atoms with Gasteiger partial charge in [-0.15, -0.1) is 0 Å². The average Bonchev–Trinajstić information content (AvgIpc) is 2.43. The van der Waals surface area contributed by atoms with Crippen LogP contribution in [0.25, 0.3) is 0 Å². The minimum absolute atomic E-state index is 0.0940. The Balaban J connectivity index is 2.50. The van der Waals surface area contributed by atoms with Gasteiger partial charge in [-0.2, -0.15) is 0 Å². The number of nitrogens with zero attached hydrogens (tertiary/aromatic N) is 1. The summed E-state index contributed by atoms with van der Waals surface area (Å²) in [6, 6.07) is 0. The number of alkyl halides is 1. The lowest BCUT2D eigenvalue weighted by molar-refractivity contribution is 0.0281. The second-order valence-corrected chi connectivity index (χ2v) is 4.90. The summed E-state index contributed by atoms with van der Waals surface area (Å²) < 4.78 is 18.4. The van der Waals surface area contributed by atoms with Gasteiger partial charge in [0.25, 0.3) is 0 Å². The minimum atomic E-state index is -1.03. The van der Waals surface area contributed by atoms with Gasteiger partial charge in [0.05, 0.1) is 6.54 Å². The molecule has 2 atom stereocenters. The average molecular weight is 218 g/mol. The molecule has 1 heterocycles. The van der Waals surface area contributed by atoms with E-state index in [0.717, 1.165) is 0 Å². The summed E-state index contributed by atoms with van der Waals surface area (Å²) >= 11 is 0.